The molecular weight excluding hydrogens is 304 g/mol. The zero-order valence-corrected chi connectivity index (χ0v) is 15.0. The summed E-state index contributed by atoms with van der Waals surface area (Å²) in [5.41, 5.74) is 2.29. The van der Waals surface area contributed by atoms with E-state index in [0.29, 0.717) is 12.0 Å². The molecule has 2 N–H and O–H groups in total. The molecular formula is C17H28N6O. The molecule has 3 rings (SSSR count). The fourth-order valence-corrected chi connectivity index (χ4v) is 3.54. The van der Waals surface area contributed by atoms with Gasteiger partial charge in [-0.05, 0) is 39.5 Å². The van der Waals surface area contributed by atoms with Crippen LogP contribution in [0.25, 0.3) is 0 Å². The van der Waals surface area contributed by atoms with Crippen molar-refractivity contribution in [1.82, 2.24) is 29.9 Å². The van der Waals surface area contributed by atoms with Gasteiger partial charge >= 0.3 is 0 Å². The van der Waals surface area contributed by atoms with Gasteiger partial charge < -0.3 is 15.0 Å². The molecule has 1 fully saturated rings. The van der Waals surface area contributed by atoms with E-state index in [9.17, 15) is 5.11 Å². The highest BCUT2D eigenvalue weighted by molar-refractivity contribution is 5.15. The summed E-state index contributed by atoms with van der Waals surface area (Å²) in [6.45, 7) is 7.90. The van der Waals surface area contributed by atoms with E-state index in [1.54, 1.807) is 6.33 Å². The summed E-state index contributed by atoms with van der Waals surface area (Å²) >= 11 is 0. The minimum atomic E-state index is -0.279. The fraction of sp³-hybridized carbons (Fsp3) is 0.706. The molecule has 7 heteroatoms. The predicted octanol–water partition coefficient (Wildman–Crippen LogP) is 1.55. The second-order valence-corrected chi connectivity index (χ2v) is 7.24. The van der Waals surface area contributed by atoms with Crippen molar-refractivity contribution in [2.45, 2.75) is 58.2 Å². The molecule has 0 unspecified atom stereocenters. The van der Waals surface area contributed by atoms with Gasteiger partial charge in [0.2, 0.25) is 0 Å². The highest BCUT2D eigenvalue weighted by Crippen LogP contribution is 2.37. The van der Waals surface area contributed by atoms with Crippen molar-refractivity contribution < 1.29 is 5.11 Å². The maximum absolute atomic E-state index is 10.4. The molecule has 0 aliphatic heterocycles. The Bertz CT molecular complexity index is 676. The van der Waals surface area contributed by atoms with Crippen LogP contribution in [0.2, 0.25) is 0 Å². The fourth-order valence-electron chi connectivity index (χ4n) is 3.54. The molecule has 0 amide bonds. The van der Waals surface area contributed by atoms with Gasteiger partial charge in [-0.1, -0.05) is 0 Å². The number of nitrogens with zero attached hydrogens (tertiary/aromatic N) is 5. The molecule has 24 heavy (non-hydrogen) atoms. The monoisotopic (exact) mass is 332 g/mol. The van der Waals surface area contributed by atoms with Crippen molar-refractivity contribution in [3.8, 4) is 0 Å². The largest absolute Gasteiger partial charge is 0.393 e. The molecule has 3 atom stereocenters. The van der Waals surface area contributed by atoms with Crippen molar-refractivity contribution in [2.24, 2.45) is 13.0 Å². The molecule has 7 nitrogen and oxygen atoms in total. The Balaban J connectivity index is 1.53. The third-order valence-electron chi connectivity index (χ3n) is 5.04. The van der Waals surface area contributed by atoms with Crippen LogP contribution in [0.1, 0.15) is 55.7 Å². The summed E-state index contributed by atoms with van der Waals surface area (Å²) in [6.07, 6.45) is 5.27. The predicted molar refractivity (Wildman–Crippen MR) is 91.5 cm³/mol. The summed E-state index contributed by atoms with van der Waals surface area (Å²) in [5, 5.41) is 26.5. The van der Waals surface area contributed by atoms with Crippen molar-refractivity contribution in [3.63, 3.8) is 0 Å². The van der Waals surface area contributed by atoms with Crippen molar-refractivity contribution in [2.75, 3.05) is 6.54 Å². The zero-order chi connectivity index (χ0) is 17.3. The van der Waals surface area contributed by atoms with E-state index in [2.05, 4.69) is 40.7 Å². The number of aryl methyl sites for hydroxylation is 2. The topological polar surface area (TPSA) is 80.8 Å². The SMILES string of the molecule is Cc1nn(C(C)C)cc1CNC[C@H]1C[C@H](c2nncn2C)C[C@H]1O. The zero-order valence-electron chi connectivity index (χ0n) is 15.0. The normalized spacial score (nSPS) is 24.2. The van der Waals surface area contributed by atoms with Gasteiger partial charge in [-0.15, -0.1) is 10.2 Å². The minimum absolute atomic E-state index is 0.257. The second-order valence-electron chi connectivity index (χ2n) is 7.24. The number of aliphatic hydroxyl groups excluding tert-OH is 1. The van der Waals surface area contributed by atoms with Gasteiger partial charge in [-0.2, -0.15) is 5.10 Å². The first-order valence-corrected chi connectivity index (χ1v) is 8.73. The molecule has 2 aromatic heterocycles. The van der Waals surface area contributed by atoms with Crippen LogP contribution in [-0.4, -0.2) is 42.3 Å². The number of hydrogen-bond acceptors (Lipinski definition) is 5. The lowest BCUT2D eigenvalue weighted by Gasteiger charge is -2.14. The van der Waals surface area contributed by atoms with Crippen molar-refractivity contribution >= 4 is 0 Å². The Kier molecular flexibility index (Phi) is 5.01. The smallest absolute Gasteiger partial charge is 0.135 e. The van der Waals surface area contributed by atoms with Crippen LogP contribution >= 0.6 is 0 Å². The minimum Gasteiger partial charge on any atom is -0.393 e. The second kappa shape index (κ2) is 7.03. The third kappa shape index (κ3) is 3.52. The number of hydrogen-bond donors (Lipinski definition) is 2. The first-order chi connectivity index (χ1) is 11.5. The highest BCUT2D eigenvalue weighted by atomic mass is 16.3. The van der Waals surface area contributed by atoms with E-state index < -0.39 is 0 Å². The summed E-state index contributed by atoms with van der Waals surface area (Å²) in [7, 11) is 1.96. The van der Waals surface area contributed by atoms with Gasteiger partial charge in [-0.25, -0.2) is 0 Å². The Morgan fingerprint density at radius 1 is 1.38 bits per heavy atom. The quantitative estimate of drug-likeness (QED) is 0.839. The molecule has 1 aliphatic carbocycles. The maximum Gasteiger partial charge on any atom is 0.135 e. The van der Waals surface area contributed by atoms with E-state index >= 15 is 0 Å². The summed E-state index contributed by atoms with van der Waals surface area (Å²) in [6, 6.07) is 0.376. The first-order valence-electron chi connectivity index (χ1n) is 8.73. The lowest BCUT2D eigenvalue weighted by atomic mass is 10.0. The van der Waals surface area contributed by atoms with Gasteiger partial charge in [0.15, 0.2) is 0 Å². The molecule has 0 aromatic carbocycles. The number of rotatable bonds is 6. The lowest BCUT2D eigenvalue weighted by molar-refractivity contribution is 0.131. The number of aliphatic hydroxyl groups is 1. The lowest BCUT2D eigenvalue weighted by Crippen LogP contribution is -2.27. The van der Waals surface area contributed by atoms with Crippen molar-refractivity contribution in [3.05, 3.63) is 29.6 Å². The van der Waals surface area contributed by atoms with E-state index in [-0.39, 0.29) is 12.0 Å². The van der Waals surface area contributed by atoms with Crippen LogP contribution in [-0.2, 0) is 13.6 Å². The molecule has 0 saturated heterocycles. The number of aromatic nitrogens is 5. The third-order valence-corrected chi connectivity index (χ3v) is 5.04. The molecule has 1 saturated carbocycles. The highest BCUT2D eigenvalue weighted by Gasteiger charge is 2.35. The first kappa shape index (κ1) is 17.1. The Labute approximate surface area is 143 Å². The van der Waals surface area contributed by atoms with Crippen LogP contribution in [0.3, 0.4) is 0 Å². The average Bonchev–Trinajstić information content (AvgIpc) is 3.20. The molecule has 0 spiro atoms. The van der Waals surface area contributed by atoms with Gasteiger partial charge in [0.1, 0.15) is 12.2 Å². The standard InChI is InChI=1S/C17H28N6O/c1-11(2)23-9-15(12(3)21-23)8-18-7-14-5-13(6-16(14)24)17-20-19-10-22(17)4/h9-11,13-14,16,18,24H,5-8H2,1-4H3/t13-,14+,16+/m0/s1. The molecule has 0 radical (unpaired) electrons. The Morgan fingerprint density at radius 2 is 2.17 bits per heavy atom. The number of nitrogens with one attached hydrogen (secondary N) is 1. The van der Waals surface area contributed by atoms with E-state index in [1.807, 2.05) is 23.2 Å². The van der Waals surface area contributed by atoms with E-state index in [1.165, 1.54) is 5.56 Å². The van der Waals surface area contributed by atoms with Gasteiger partial charge in [0.05, 0.1) is 11.8 Å². The van der Waals surface area contributed by atoms with Crippen LogP contribution < -0.4 is 5.32 Å². The van der Waals surface area contributed by atoms with Crippen LogP contribution in [0.15, 0.2) is 12.5 Å². The van der Waals surface area contributed by atoms with Crippen molar-refractivity contribution in [1.29, 1.82) is 0 Å². The molecule has 2 aromatic rings. The Hall–Kier alpha value is -1.73. The Morgan fingerprint density at radius 3 is 2.79 bits per heavy atom. The van der Waals surface area contributed by atoms with E-state index in [4.69, 9.17) is 0 Å². The molecule has 2 heterocycles. The summed E-state index contributed by atoms with van der Waals surface area (Å²) in [4.78, 5) is 0. The van der Waals surface area contributed by atoms with Gasteiger partial charge in [-0.3, -0.25) is 4.68 Å². The molecule has 0 bridgehead atoms. The van der Waals surface area contributed by atoms with E-state index in [0.717, 1.165) is 37.4 Å². The van der Waals surface area contributed by atoms with Gasteiger partial charge in [0, 0.05) is 43.9 Å². The van der Waals surface area contributed by atoms with Crippen LogP contribution in [0.5, 0.6) is 0 Å². The summed E-state index contributed by atoms with van der Waals surface area (Å²) < 4.78 is 3.96. The maximum atomic E-state index is 10.4. The molecule has 132 valence electrons. The molecule has 1 aliphatic rings. The average molecular weight is 332 g/mol. The van der Waals surface area contributed by atoms with Crippen LogP contribution in [0.4, 0.5) is 0 Å². The van der Waals surface area contributed by atoms with Gasteiger partial charge in [0.25, 0.3) is 0 Å². The van der Waals surface area contributed by atoms with Crippen LogP contribution in [0, 0.1) is 12.8 Å². The summed E-state index contributed by atoms with van der Waals surface area (Å²) in [5.74, 6) is 1.53.